The minimum Gasteiger partial charge on any atom is -0.356 e. The molecule has 0 atom stereocenters. The van der Waals surface area contributed by atoms with Crippen molar-refractivity contribution in [1.82, 2.24) is 9.97 Å². The lowest BCUT2D eigenvalue weighted by Gasteiger charge is -2.26. The second-order valence-corrected chi connectivity index (χ2v) is 4.59. The molecule has 0 bridgehead atoms. The van der Waals surface area contributed by atoms with E-state index in [0.717, 1.165) is 24.6 Å². The molecule has 94 valence electrons. The fraction of sp³-hybridized carbons (Fsp3) is 0.667. The molecule has 17 heavy (non-hydrogen) atoms. The van der Waals surface area contributed by atoms with Crippen LogP contribution in [-0.2, 0) is 0 Å². The lowest BCUT2D eigenvalue weighted by atomic mass is 10.1. The van der Waals surface area contributed by atoms with Crippen molar-refractivity contribution in [3.8, 4) is 0 Å². The number of hydrogen-bond acceptors (Lipinski definition) is 5. The molecule has 1 aromatic heterocycles. The smallest absolute Gasteiger partial charge is 0.239 e. The molecule has 0 unspecified atom stereocenters. The zero-order chi connectivity index (χ0) is 12.1. The summed E-state index contributed by atoms with van der Waals surface area (Å²) in [7, 11) is 0. The maximum Gasteiger partial charge on any atom is 0.239 e. The molecule has 1 saturated heterocycles. The van der Waals surface area contributed by atoms with Crippen molar-refractivity contribution in [1.29, 1.82) is 0 Å². The van der Waals surface area contributed by atoms with Gasteiger partial charge >= 0.3 is 0 Å². The van der Waals surface area contributed by atoms with Gasteiger partial charge in [-0.15, -0.1) is 0 Å². The quantitative estimate of drug-likeness (QED) is 0.605. The average molecular weight is 235 g/mol. The van der Waals surface area contributed by atoms with E-state index in [1.54, 1.807) is 0 Å². The third-order valence-corrected chi connectivity index (χ3v) is 3.15. The first-order valence-corrected chi connectivity index (χ1v) is 6.37. The third-order valence-electron chi connectivity index (χ3n) is 3.15. The molecule has 1 aliphatic heterocycles. The largest absolute Gasteiger partial charge is 0.356 e. The fourth-order valence-corrected chi connectivity index (χ4v) is 2.26. The third kappa shape index (κ3) is 3.30. The monoisotopic (exact) mass is 235 g/mol. The Morgan fingerprint density at radius 1 is 1.12 bits per heavy atom. The number of aryl methyl sites for hydroxylation is 1. The Bertz CT molecular complexity index is 358. The molecule has 0 saturated carbocycles. The summed E-state index contributed by atoms with van der Waals surface area (Å²) in [5, 5.41) is 0. The Labute approximate surface area is 102 Å². The summed E-state index contributed by atoms with van der Waals surface area (Å²) in [4.78, 5) is 11.0. The predicted molar refractivity (Wildman–Crippen MR) is 69.9 cm³/mol. The molecule has 1 aromatic rings. The normalized spacial score (nSPS) is 17.4. The van der Waals surface area contributed by atoms with Crippen LogP contribution in [0, 0.1) is 6.92 Å². The minimum absolute atomic E-state index is 0.502. The van der Waals surface area contributed by atoms with E-state index in [0.29, 0.717) is 5.95 Å². The standard InChI is InChI=1S/C12H21N5/c1-10-9-11(15-12(14-10)16-13)17-7-5-3-2-4-6-8-17/h9H,2-8,13H2,1H3,(H,14,15,16). The average Bonchev–Trinajstić information content (AvgIpc) is 2.27. The Morgan fingerprint density at radius 3 is 2.41 bits per heavy atom. The molecule has 3 N–H and O–H groups in total. The summed E-state index contributed by atoms with van der Waals surface area (Å²) >= 11 is 0. The summed E-state index contributed by atoms with van der Waals surface area (Å²) < 4.78 is 0. The van der Waals surface area contributed by atoms with E-state index in [2.05, 4.69) is 20.3 Å². The number of nitrogens with zero attached hydrogens (tertiary/aromatic N) is 3. The predicted octanol–water partition coefficient (Wildman–Crippen LogP) is 1.84. The van der Waals surface area contributed by atoms with Crippen molar-refractivity contribution in [2.24, 2.45) is 5.84 Å². The molecular formula is C12H21N5. The molecule has 2 rings (SSSR count). The summed E-state index contributed by atoms with van der Waals surface area (Å²) in [6.45, 7) is 4.14. The molecule has 5 nitrogen and oxygen atoms in total. The molecular weight excluding hydrogens is 214 g/mol. The van der Waals surface area contributed by atoms with Gasteiger partial charge in [0.15, 0.2) is 0 Å². The van der Waals surface area contributed by atoms with Crippen molar-refractivity contribution < 1.29 is 0 Å². The van der Waals surface area contributed by atoms with Crippen molar-refractivity contribution in [2.75, 3.05) is 23.4 Å². The molecule has 5 heteroatoms. The Hall–Kier alpha value is -1.36. The number of anilines is 2. The molecule has 1 fully saturated rings. The topological polar surface area (TPSA) is 67.1 Å². The molecule has 0 radical (unpaired) electrons. The van der Waals surface area contributed by atoms with Crippen LogP contribution in [0.5, 0.6) is 0 Å². The van der Waals surface area contributed by atoms with Gasteiger partial charge in [-0.05, 0) is 19.8 Å². The van der Waals surface area contributed by atoms with Crippen LogP contribution >= 0.6 is 0 Å². The molecule has 0 aromatic carbocycles. The lowest BCUT2D eigenvalue weighted by Crippen LogP contribution is -2.28. The van der Waals surface area contributed by atoms with Crippen LogP contribution in [0.3, 0.4) is 0 Å². The molecule has 0 amide bonds. The first kappa shape index (κ1) is 12.1. The summed E-state index contributed by atoms with van der Waals surface area (Å²) in [5.74, 6) is 6.87. The molecule has 1 aliphatic rings. The van der Waals surface area contributed by atoms with Crippen LogP contribution in [0.15, 0.2) is 6.07 Å². The Morgan fingerprint density at radius 2 is 1.76 bits per heavy atom. The second kappa shape index (κ2) is 5.82. The van der Waals surface area contributed by atoms with Crippen LogP contribution in [0.1, 0.15) is 37.8 Å². The summed E-state index contributed by atoms with van der Waals surface area (Å²) in [6, 6.07) is 2.03. The highest BCUT2D eigenvalue weighted by atomic mass is 15.3. The van der Waals surface area contributed by atoms with Gasteiger partial charge in [-0.3, -0.25) is 5.43 Å². The maximum atomic E-state index is 5.38. The van der Waals surface area contributed by atoms with Crippen molar-refractivity contribution in [3.63, 3.8) is 0 Å². The van der Waals surface area contributed by atoms with E-state index in [-0.39, 0.29) is 0 Å². The number of aromatic nitrogens is 2. The van der Waals surface area contributed by atoms with Gasteiger partial charge in [-0.25, -0.2) is 10.8 Å². The van der Waals surface area contributed by atoms with Gasteiger partial charge in [0.1, 0.15) is 5.82 Å². The molecule has 0 spiro atoms. The van der Waals surface area contributed by atoms with Gasteiger partial charge in [-0.1, -0.05) is 19.3 Å². The number of nitrogens with two attached hydrogens (primary N) is 1. The zero-order valence-corrected chi connectivity index (χ0v) is 10.4. The van der Waals surface area contributed by atoms with Gasteiger partial charge in [0.25, 0.3) is 0 Å². The molecule has 0 aliphatic carbocycles. The maximum absolute atomic E-state index is 5.38. The SMILES string of the molecule is Cc1cc(N2CCCCCCC2)nc(NN)n1. The summed E-state index contributed by atoms with van der Waals surface area (Å²) in [6.07, 6.45) is 6.50. The Balaban J connectivity index is 2.15. The van der Waals surface area contributed by atoms with E-state index in [1.807, 2.05) is 13.0 Å². The van der Waals surface area contributed by atoms with Crippen LogP contribution < -0.4 is 16.2 Å². The molecule has 2 heterocycles. The van der Waals surface area contributed by atoms with Crippen LogP contribution in [-0.4, -0.2) is 23.1 Å². The van der Waals surface area contributed by atoms with Gasteiger partial charge in [0.05, 0.1) is 0 Å². The second-order valence-electron chi connectivity index (χ2n) is 4.59. The highest BCUT2D eigenvalue weighted by Crippen LogP contribution is 2.18. The van der Waals surface area contributed by atoms with E-state index in [9.17, 15) is 0 Å². The van der Waals surface area contributed by atoms with Gasteiger partial charge < -0.3 is 4.90 Å². The van der Waals surface area contributed by atoms with E-state index in [1.165, 1.54) is 32.1 Å². The lowest BCUT2D eigenvalue weighted by molar-refractivity contribution is 0.553. The fourth-order valence-electron chi connectivity index (χ4n) is 2.26. The van der Waals surface area contributed by atoms with Crippen molar-refractivity contribution >= 4 is 11.8 Å². The van der Waals surface area contributed by atoms with Crippen LogP contribution in [0.2, 0.25) is 0 Å². The first-order valence-electron chi connectivity index (χ1n) is 6.37. The zero-order valence-electron chi connectivity index (χ0n) is 10.4. The number of hydrazine groups is 1. The van der Waals surface area contributed by atoms with Gasteiger partial charge in [0, 0.05) is 24.8 Å². The number of nitrogen functional groups attached to an aromatic ring is 1. The van der Waals surface area contributed by atoms with E-state index >= 15 is 0 Å². The van der Waals surface area contributed by atoms with Gasteiger partial charge in [0.2, 0.25) is 5.95 Å². The summed E-state index contributed by atoms with van der Waals surface area (Å²) in [5.41, 5.74) is 3.48. The van der Waals surface area contributed by atoms with E-state index in [4.69, 9.17) is 5.84 Å². The Kier molecular flexibility index (Phi) is 4.14. The number of rotatable bonds is 2. The van der Waals surface area contributed by atoms with Gasteiger partial charge in [-0.2, -0.15) is 4.98 Å². The van der Waals surface area contributed by atoms with Crippen LogP contribution in [0.4, 0.5) is 11.8 Å². The van der Waals surface area contributed by atoms with Crippen molar-refractivity contribution in [3.05, 3.63) is 11.8 Å². The minimum atomic E-state index is 0.502. The van der Waals surface area contributed by atoms with Crippen LogP contribution in [0.25, 0.3) is 0 Å². The highest BCUT2D eigenvalue weighted by Gasteiger charge is 2.11. The number of nitrogens with one attached hydrogen (secondary N) is 1. The first-order chi connectivity index (χ1) is 8.29. The highest BCUT2D eigenvalue weighted by molar-refractivity contribution is 5.44. The van der Waals surface area contributed by atoms with E-state index < -0.39 is 0 Å². The number of hydrogen-bond donors (Lipinski definition) is 2. The van der Waals surface area contributed by atoms with Crippen molar-refractivity contribution in [2.45, 2.75) is 39.0 Å².